The molecule has 114 valence electrons. The Labute approximate surface area is 135 Å². The number of thiophene rings is 1. The standard InChI is InChI=1S/C15H18ClNO2S2/c1-2-3-9-17(14-7-5-4-6-8-14)21(18,19)15-10-13(11-16)12-20-15/h4-8,10,12H,2-3,9,11H2,1H3. The molecule has 2 rings (SSSR count). The molecule has 0 aliphatic heterocycles. The second-order valence-corrected chi connectivity index (χ2v) is 7.94. The lowest BCUT2D eigenvalue weighted by atomic mass is 10.3. The molecular weight excluding hydrogens is 326 g/mol. The summed E-state index contributed by atoms with van der Waals surface area (Å²) < 4.78 is 27.6. The lowest BCUT2D eigenvalue weighted by Gasteiger charge is -2.23. The number of para-hydroxylation sites is 1. The number of benzene rings is 1. The largest absolute Gasteiger partial charge is 0.273 e. The molecule has 0 aliphatic carbocycles. The van der Waals surface area contributed by atoms with E-state index in [2.05, 4.69) is 0 Å². The molecule has 0 spiro atoms. The minimum atomic E-state index is -3.52. The third kappa shape index (κ3) is 3.78. The number of alkyl halides is 1. The molecule has 0 fully saturated rings. The number of sulfonamides is 1. The highest BCUT2D eigenvalue weighted by molar-refractivity contribution is 7.94. The van der Waals surface area contributed by atoms with Gasteiger partial charge in [0.25, 0.3) is 10.0 Å². The van der Waals surface area contributed by atoms with Gasteiger partial charge in [0.2, 0.25) is 0 Å². The smallest absolute Gasteiger partial charge is 0.266 e. The van der Waals surface area contributed by atoms with Crippen LogP contribution >= 0.6 is 22.9 Å². The van der Waals surface area contributed by atoms with Crippen molar-refractivity contribution in [3.63, 3.8) is 0 Å². The minimum absolute atomic E-state index is 0.326. The van der Waals surface area contributed by atoms with Crippen LogP contribution in [0, 0.1) is 0 Å². The highest BCUT2D eigenvalue weighted by atomic mass is 35.5. The van der Waals surface area contributed by atoms with E-state index in [1.54, 1.807) is 11.4 Å². The second-order valence-electron chi connectivity index (χ2n) is 4.67. The maximum atomic E-state index is 12.9. The molecule has 0 saturated carbocycles. The maximum absolute atomic E-state index is 12.9. The average Bonchev–Trinajstić information content (AvgIpc) is 2.98. The fourth-order valence-corrected chi connectivity index (χ4v) is 5.02. The normalized spacial score (nSPS) is 11.5. The number of anilines is 1. The third-order valence-corrected chi connectivity index (χ3v) is 6.69. The van der Waals surface area contributed by atoms with Gasteiger partial charge in [-0.25, -0.2) is 8.42 Å². The van der Waals surface area contributed by atoms with Crippen molar-refractivity contribution >= 4 is 38.6 Å². The number of hydrogen-bond donors (Lipinski definition) is 0. The van der Waals surface area contributed by atoms with E-state index in [4.69, 9.17) is 11.6 Å². The summed E-state index contributed by atoms with van der Waals surface area (Å²) in [6.45, 7) is 2.53. The maximum Gasteiger partial charge on any atom is 0.273 e. The molecule has 6 heteroatoms. The summed E-state index contributed by atoms with van der Waals surface area (Å²) in [6, 6.07) is 10.9. The fourth-order valence-electron chi connectivity index (χ4n) is 1.95. The van der Waals surface area contributed by atoms with E-state index >= 15 is 0 Å². The highest BCUT2D eigenvalue weighted by Gasteiger charge is 2.26. The van der Waals surface area contributed by atoms with Gasteiger partial charge in [-0.2, -0.15) is 0 Å². The van der Waals surface area contributed by atoms with E-state index in [1.807, 2.05) is 37.3 Å². The van der Waals surface area contributed by atoms with Gasteiger partial charge in [-0.15, -0.1) is 22.9 Å². The molecule has 0 amide bonds. The number of rotatable bonds is 7. The van der Waals surface area contributed by atoms with Crippen LogP contribution in [0.3, 0.4) is 0 Å². The van der Waals surface area contributed by atoms with Crippen molar-refractivity contribution in [1.82, 2.24) is 0 Å². The molecule has 0 unspecified atom stereocenters. The quantitative estimate of drug-likeness (QED) is 0.695. The molecule has 0 radical (unpaired) electrons. The zero-order chi connectivity index (χ0) is 15.3. The topological polar surface area (TPSA) is 37.4 Å². The second kappa shape index (κ2) is 7.29. The van der Waals surface area contributed by atoms with Crippen LogP contribution in [0.25, 0.3) is 0 Å². The van der Waals surface area contributed by atoms with Crippen molar-refractivity contribution in [3.05, 3.63) is 47.3 Å². The molecule has 0 N–H and O–H groups in total. The van der Waals surface area contributed by atoms with Crippen LogP contribution in [-0.4, -0.2) is 15.0 Å². The Balaban J connectivity index is 2.39. The summed E-state index contributed by atoms with van der Waals surface area (Å²) in [5.41, 5.74) is 1.54. The van der Waals surface area contributed by atoms with Crippen molar-refractivity contribution in [2.45, 2.75) is 29.9 Å². The van der Waals surface area contributed by atoms with Crippen molar-refractivity contribution in [2.75, 3.05) is 10.8 Å². The zero-order valence-electron chi connectivity index (χ0n) is 11.8. The Morgan fingerprint density at radius 2 is 1.95 bits per heavy atom. The van der Waals surface area contributed by atoms with Gasteiger partial charge < -0.3 is 0 Å². The SMILES string of the molecule is CCCCN(c1ccccc1)S(=O)(=O)c1cc(CCl)cs1. The Morgan fingerprint density at radius 3 is 2.52 bits per heavy atom. The first-order valence-corrected chi connectivity index (χ1v) is 9.66. The van der Waals surface area contributed by atoms with E-state index in [-0.39, 0.29) is 0 Å². The highest BCUT2D eigenvalue weighted by Crippen LogP contribution is 2.28. The number of unbranched alkanes of at least 4 members (excludes halogenated alkanes) is 1. The predicted octanol–water partition coefficient (Wildman–Crippen LogP) is 4.48. The van der Waals surface area contributed by atoms with Crippen LogP contribution in [0.5, 0.6) is 0 Å². The molecule has 21 heavy (non-hydrogen) atoms. The Morgan fingerprint density at radius 1 is 1.24 bits per heavy atom. The fraction of sp³-hybridized carbons (Fsp3) is 0.333. The van der Waals surface area contributed by atoms with Gasteiger partial charge >= 0.3 is 0 Å². The Bertz CT molecular complexity index is 668. The summed E-state index contributed by atoms with van der Waals surface area (Å²) in [6.07, 6.45) is 1.76. The molecule has 0 bridgehead atoms. The van der Waals surface area contributed by atoms with Gasteiger partial charge in [0.05, 0.1) is 5.69 Å². The minimum Gasteiger partial charge on any atom is -0.266 e. The van der Waals surface area contributed by atoms with Crippen LogP contribution in [0.15, 0.2) is 46.0 Å². The zero-order valence-corrected chi connectivity index (χ0v) is 14.2. The first-order valence-electron chi connectivity index (χ1n) is 6.80. The first kappa shape index (κ1) is 16.3. The molecule has 0 saturated heterocycles. The summed E-state index contributed by atoms with van der Waals surface area (Å²) in [7, 11) is -3.52. The van der Waals surface area contributed by atoms with Gasteiger partial charge in [-0.1, -0.05) is 31.5 Å². The number of nitrogens with zero attached hydrogens (tertiary/aromatic N) is 1. The van der Waals surface area contributed by atoms with Crippen LogP contribution in [0.1, 0.15) is 25.3 Å². The van der Waals surface area contributed by atoms with E-state index in [9.17, 15) is 8.42 Å². The molecule has 3 nitrogen and oxygen atoms in total. The summed E-state index contributed by atoms with van der Waals surface area (Å²) in [5.74, 6) is 0.326. The Kier molecular flexibility index (Phi) is 5.67. The monoisotopic (exact) mass is 343 g/mol. The van der Waals surface area contributed by atoms with Crippen LogP contribution in [0.2, 0.25) is 0 Å². The van der Waals surface area contributed by atoms with Crippen LogP contribution in [0.4, 0.5) is 5.69 Å². The van der Waals surface area contributed by atoms with Gasteiger partial charge in [0.1, 0.15) is 4.21 Å². The van der Waals surface area contributed by atoms with Gasteiger partial charge in [0.15, 0.2) is 0 Å². The van der Waals surface area contributed by atoms with Crippen molar-refractivity contribution in [2.24, 2.45) is 0 Å². The molecule has 2 aromatic rings. The van der Waals surface area contributed by atoms with Crippen molar-refractivity contribution in [3.8, 4) is 0 Å². The van der Waals surface area contributed by atoms with Crippen LogP contribution in [-0.2, 0) is 15.9 Å². The lowest BCUT2D eigenvalue weighted by Crippen LogP contribution is -2.31. The molecule has 1 aromatic heterocycles. The number of hydrogen-bond acceptors (Lipinski definition) is 3. The number of halogens is 1. The summed E-state index contributed by atoms with van der Waals surface area (Å²) in [4.78, 5) is 0. The molecular formula is C15H18ClNO2S2. The van der Waals surface area contributed by atoms with E-state index in [1.165, 1.54) is 15.6 Å². The first-order chi connectivity index (χ1) is 10.1. The van der Waals surface area contributed by atoms with Crippen molar-refractivity contribution < 1.29 is 8.42 Å². The van der Waals surface area contributed by atoms with Gasteiger partial charge in [-0.05, 0) is 35.6 Å². The summed E-state index contributed by atoms with van der Waals surface area (Å²) in [5, 5.41) is 1.79. The van der Waals surface area contributed by atoms with E-state index < -0.39 is 10.0 Å². The van der Waals surface area contributed by atoms with E-state index in [0.29, 0.717) is 22.3 Å². The molecule has 1 aromatic carbocycles. The Hall–Kier alpha value is -1.04. The lowest BCUT2D eigenvalue weighted by molar-refractivity contribution is 0.590. The van der Waals surface area contributed by atoms with E-state index in [0.717, 1.165) is 18.4 Å². The summed E-state index contributed by atoms with van der Waals surface area (Å²) >= 11 is 6.99. The average molecular weight is 344 g/mol. The third-order valence-electron chi connectivity index (χ3n) is 3.09. The predicted molar refractivity (Wildman–Crippen MR) is 89.8 cm³/mol. The molecule has 0 aliphatic rings. The van der Waals surface area contributed by atoms with Gasteiger partial charge in [0, 0.05) is 12.4 Å². The van der Waals surface area contributed by atoms with Crippen LogP contribution < -0.4 is 4.31 Å². The van der Waals surface area contributed by atoms with Gasteiger partial charge in [-0.3, -0.25) is 4.31 Å². The molecule has 1 heterocycles. The molecule has 0 atom stereocenters. The van der Waals surface area contributed by atoms with Crippen molar-refractivity contribution in [1.29, 1.82) is 0 Å².